The first kappa shape index (κ1) is 24.2. The zero-order chi connectivity index (χ0) is 24.7. The summed E-state index contributed by atoms with van der Waals surface area (Å²) in [6.07, 6.45) is 6.57. The summed E-state index contributed by atoms with van der Waals surface area (Å²) in [5.74, 6) is 0.369. The topological polar surface area (TPSA) is 94.4 Å². The van der Waals surface area contributed by atoms with E-state index < -0.39 is 15.4 Å². The summed E-state index contributed by atoms with van der Waals surface area (Å²) in [5, 5.41) is 0.941. The van der Waals surface area contributed by atoms with Gasteiger partial charge in [-0.3, -0.25) is 4.98 Å². The van der Waals surface area contributed by atoms with Crippen molar-refractivity contribution in [2.24, 2.45) is 0 Å². The molecule has 4 rings (SSSR count). The van der Waals surface area contributed by atoms with Gasteiger partial charge in [-0.25, -0.2) is 18.2 Å². The molecule has 0 radical (unpaired) electrons. The Labute approximate surface area is 200 Å². The van der Waals surface area contributed by atoms with Gasteiger partial charge in [0.15, 0.2) is 14.9 Å². The third kappa shape index (κ3) is 5.41. The van der Waals surface area contributed by atoms with Gasteiger partial charge >= 0.3 is 6.09 Å². The third-order valence-corrected chi connectivity index (χ3v) is 7.04. The van der Waals surface area contributed by atoms with E-state index in [-0.39, 0.29) is 11.1 Å². The smallest absolute Gasteiger partial charge is 0.410 e. The van der Waals surface area contributed by atoms with Crippen LogP contribution in [0.15, 0.2) is 41.7 Å². The van der Waals surface area contributed by atoms with Crippen LogP contribution in [0.25, 0.3) is 10.9 Å². The first-order valence-corrected chi connectivity index (χ1v) is 13.4. The van der Waals surface area contributed by atoms with Gasteiger partial charge in [0.1, 0.15) is 5.60 Å². The molecule has 1 amide bonds. The number of hydrogen-bond donors (Lipinski definition) is 0. The van der Waals surface area contributed by atoms with Crippen LogP contribution < -0.4 is 0 Å². The van der Waals surface area contributed by atoms with E-state index in [0.29, 0.717) is 31.2 Å². The largest absolute Gasteiger partial charge is 0.444 e. The standard InChI is InChI=1S/C25H32N4O4S/c1-17-23-19(14-22(27-17)34(5,31)32)10-13-29(23)16-21-7-6-20(15-26-21)18-8-11-28(12-9-18)24(30)33-25(2,3)4/h6-7,10,13-15,18H,8-9,11-12,16H2,1-5H3. The van der Waals surface area contributed by atoms with Crippen LogP contribution >= 0.6 is 0 Å². The van der Waals surface area contributed by atoms with Crippen molar-refractivity contribution >= 4 is 26.8 Å². The zero-order valence-corrected chi connectivity index (χ0v) is 21.2. The first-order chi connectivity index (χ1) is 15.9. The maximum Gasteiger partial charge on any atom is 0.410 e. The lowest BCUT2D eigenvalue weighted by atomic mass is 9.90. The number of sulfone groups is 1. The van der Waals surface area contributed by atoms with Crippen LogP contribution in [-0.4, -0.2) is 58.9 Å². The van der Waals surface area contributed by atoms with E-state index in [9.17, 15) is 13.2 Å². The quantitative estimate of drug-likeness (QED) is 0.548. The molecule has 0 unspecified atom stereocenters. The number of amides is 1. The molecule has 0 N–H and O–H groups in total. The molecule has 3 aromatic rings. The van der Waals surface area contributed by atoms with Gasteiger partial charge in [-0.05, 0) is 70.2 Å². The predicted octanol–water partition coefficient (Wildman–Crippen LogP) is 4.31. The van der Waals surface area contributed by atoms with E-state index in [0.717, 1.165) is 29.4 Å². The highest BCUT2D eigenvalue weighted by Crippen LogP contribution is 2.29. The number of aromatic nitrogens is 3. The number of carbonyl (C=O) groups excluding carboxylic acids is 1. The summed E-state index contributed by atoms with van der Waals surface area (Å²) in [5.41, 5.74) is 3.20. The molecule has 182 valence electrons. The van der Waals surface area contributed by atoms with Crippen LogP contribution in [0.4, 0.5) is 4.79 Å². The van der Waals surface area contributed by atoms with E-state index in [1.54, 1.807) is 11.0 Å². The molecule has 0 spiro atoms. The molecule has 0 bridgehead atoms. The number of rotatable bonds is 4. The zero-order valence-electron chi connectivity index (χ0n) is 20.4. The summed E-state index contributed by atoms with van der Waals surface area (Å²) < 4.78 is 31.3. The molecule has 0 atom stereocenters. The molecule has 1 aliphatic heterocycles. The average Bonchev–Trinajstić information content (AvgIpc) is 3.16. The summed E-state index contributed by atoms with van der Waals surface area (Å²) in [4.78, 5) is 23.1. The van der Waals surface area contributed by atoms with Crippen LogP contribution in [0.5, 0.6) is 0 Å². The molecule has 1 saturated heterocycles. The molecule has 0 aromatic carbocycles. The number of ether oxygens (including phenoxy) is 1. The molecule has 34 heavy (non-hydrogen) atoms. The first-order valence-electron chi connectivity index (χ1n) is 11.5. The van der Waals surface area contributed by atoms with E-state index in [1.807, 2.05) is 56.8 Å². The summed E-state index contributed by atoms with van der Waals surface area (Å²) >= 11 is 0. The second kappa shape index (κ2) is 9.02. The fourth-order valence-corrected chi connectivity index (χ4v) is 5.04. The number of carbonyl (C=O) groups is 1. The van der Waals surface area contributed by atoms with Gasteiger partial charge in [-0.15, -0.1) is 0 Å². The lowest BCUT2D eigenvalue weighted by molar-refractivity contribution is 0.0205. The Morgan fingerprint density at radius 1 is 1.18 bits per heavy atom. The number of fused-ring (bicyclic) bond motifs is 1. The van der Waals surface area contributed by atoms with Crippen LogP contribution in [-0.2, 0) is 21.1 Å². The monoisotopic (exact) mass is 484 g/mol. The number of piperidine rings is 1. The van der Waals surface area contributed by atoms with Gasteiger partial charge in [0.05, 0.1) is 23.4 Å². The lowest BCUT2D eigenvalue weighted by Crippen LogP contribution is -2.41. The molecular weight excluding hydrogens is 452 g/mol. The minimum atomic E-state index is -3.36. The maximum absolute atomic E-state index is 12.3. The summed E-state index contributed by atoms with van der Waals surface area (Å²) in [6.45, 7) is 9.40. The Morgan fingerprint density at radius 3 is 2.47 bits per heavy atom. The molecular formula is C25H32N4O4S. The van der Waals surface area contributed by atoms with Gasteiger partial charge < -0.3 is 14.2 Å². The van der Waals surface area contributed by atoms with Gasteiger partial charge in [-0.2, -0.15) is 0 Å². The lowest BCUT2D eigenvalue weighted by Gasteiger charge is -2.33. The second-order valence-electron chi connectivity index (χ2n) is 10.0. The van der Waals surface area contributed by atoms with Crippen LogP contribution in [0.3, 0.4) is 0 Å². The Hall–Kier alpha value is -2.94. The van der Waals surface area contributed by atoms with Gasteiger partial charge in [0, 0.05) is 37.1 Å². The van der Waals surface area contributed by atoms with E-state index in [2.05, 4.69) is 16.0 Å². The number of likely N-dealkylation sites (tertiary alicyclic amines) is 1. The molecule has 8 nitrogen and oxygen atoms in total. The molecule has 1 fully saturated rings. The van der Waals surface area contributed by atoms with Crippen molar-refractivity contribution in [1.29, 1.82) is 0 Å². The fourth-order valence-electron chi connectivity index (χ4n) is 4.40. The minimum absolute atomic E-state index is 0.0930. The van der Waals surface area contributed by atoms with Crippen LogP contribution in [0.2, 0.25) is 0 Å². The van der Waals surface area contributed by atoms with E-state index in [4.69, 9.17) is 4.74 Å². The number of pyridine rings is 2. The maximum atomic E-state index is 12.3. The minimum Gasteiger partial charge on any atom is -0.444 e. The van der Waals surface area contributed by atoms with Crippen LogP contribution in [0, 0.1) is 6.92 Å². The highest BCUT2D eigenvalue weighted by Gasteiger charge is 2.27. The van der Waals surface area contributed by atoms with Crippen LogP contribution in [0.1, 0.15) is 56.5 Å². The summed E-state index contributed by atoms with van der Waals surface area (Å²) in [6, 6.07) is 7.68. The highest BCUT2D eigenvalue weighted by atomic mass is 32.2. The summed E-state index contributed by atoms with van der Waals surface area (Å²) in [7, 11) is -3.36. The van der Waals surface area contributed by atoms with Gasteiger partial charge in [0.25, 0.3) is 0 Å². The van der Waals surface area contributed by atoms with Crippen molar-refractivity contribution in [3.05, 3.63) is 53.6 Å². The molecule has 0 aliphatic carbocycles. The SMILES string of the molecule is Cc1nc(S(C)(=O)=O)cc2ccn(Cc3ccc(C4CCN(C(=O)OC(C)(C)C)CC4)cn3)c12. The Balaban J connectivity index is 1.42. The molecule has 3 aromatic heterocycles. The highest BCUT2D eigenvalue weighted by molar-refractivity contribution is 7.90. The van der Waals surface area contributed by atoms with E-state index >= 15 is 0 Å². The van der Waals surface area contributed by atoms with Crippen molar-refractivity contribution in [3.8, 4) is 0 Å². The Bertz CT molecular complexity index is 1300. The molecule has 4 heterocycles. The van der Waals surface area contributed by atoms with Crippen molar-refractivity contribution in [1.82, 2.24) is 19.4 Å². The van der Waals surface area contributed by atoms with Crippen molar-refractivity contribution in [2.45, 2.75) is 63.6 Å². The third-order valence-electron chi connectivity index (χ3n) is 6.07. The molecule has 9 heteroatoms. The normalized spacial score (nSPS) is 15.6. The molecule has 1 aliphatic rings. The van der Waals surface area contributed by atoms with Crippen molar-refractivity contribution < 1.29 is 17.9 Å². The van der Waals surface area contributed by atoms with Gasteiger partial charge in [0.2, 0.25) is 0 Å². The predicted molar refractivity (Wildman–Crippen MR) is 131 cm³/mol. The number of aryl methyl sites for hydroxylation is 1. The number of hydrogen-bond acceptors (Lipinski definition) is 6. The van der Waals surface area contributed by atoms with Crippen molar-refractivity contribution in [2.75, 3.05) is 19.3 Å². The molecule has 0 saturated carbocycles. The van der Waals surface area contributed by atoms with Gasteiger partial charge in [-0.1, -0.05) is 6.07 Å². The fraction of sp³-hybridized carbons (Fsp3) is 0.480. The van der Waals surface area contributed by atoms with E-state index in [1.165, 1.54) is 11.8 Å². The Kier molecular flexibility index (Phi) is 6.42. The second-order valence-corrected chi connectivity index (χ2v) is 12.0. The Morgan fingerprint density at radius 2 is 1.88 bits per heavy atom. The number of nitrogens with zero attached hydrogens (tertiary/aromatic N) is 4. The average molecular weight is 485 g/mol. The van der Waals surface area contributed by atoms with Crippen molar-refractivity contribution in [3.63, 3.8) is 0 Å².